The Balaban J connectivity index is 2.10. The predicted octanol–water partition coefficient (Wildman–Crippen LogP) is 2.68. The van der Waals surface area contributed by atoms with E-state index in [4.69, 9.17) is 9.15 Å². The summed E-state index contributed by atoms with van der Waals surface area (Å²) in [6.07, 6.45) is 0.790. The molecule has 0 aliphatic heterocycles. The van der Waals surface area contributed by atoms with E-state index in [1.54, 1.807) is 13.8 Å². The Morgan fingerprint density at radius 2 is 2.00 bits per heavy atom. The van der Waals surface area contributed by atoms with Crippen LogP contribution in [0.1, 0.15) is 26.7 Å². The van der Waals surface area contributed by atoms with E-state index < -0.39 is 33.4 Å². The SMILES string of the molecule is COC(=O)C1(N(C(C)C)S(=O)(=O)c2cc3cc(F)ccc3o2)CC1. The molecule has 0 radical (unpaired) electrons. The fourth-order valence-electron chi connectivity index (χ4n) is 3.04. The Hall–Kier alpha value is -1.93. The zero-order chi connectivity index (χ0) is 17.7. The zero-order valence-corrected chi connectivity index (χ0v) is 14.4. The lowest BCUT2D eigenvalue weighted by molar-refractivity contribution is -0.147. The molecule has 0 atom stereocenters. The molecule has 8 heteroatoms. The normalized spacial score (nSPS) is 16.8. The molecule has 0 spiro atoms. The van der Waals surface area contributed by atoms with Crippen molar-refractivity contribution in [1.82, 2.24) is 4.31 Å². The van der Waals surface area contributed by atoms with Crippen molar-refractivity contribution in [2.24, 2.45) is 0 Å². The second-order valence-corrected chi connectivity index (χ2v) is 7.91. The number of sulfonamides is 1. The van der Waals surface area contributed by atoms with Gasteiger partial charge in [0.15, 0.2) is 0 Å². The van der Waals surface area contributed by atoms with Crippen molar-refractivity contribution < 1.29 is 26.8 Å². The lowest BCUT2D eigenvalue weighted by atomic mass is 10.2. The summed E-state index contributed by atoms with van der Waals surface area (Å²) in [7, 11) is -2.85. The third kappa shape index (κ3) is 2.50. The molecule has 1 aromatic heterocycles. The summed E-state index contributed by atoms with van der Waals surface area (Å²) in [5.41, 5.74) is -0.923. The van der Waals surface area contributed by atoms with Gasteiger partial charge in [0.05, 0.1) is 7.11 Å². The van der Waals surface area contributed by atoms with Crippen LogP contribution in [0.4, 0.5) is 4.39 Å². The Morgan fingerprint density at radius 1 is 1.33 bits per heavy atom. The maximum absolute atomic E-state index is 13.3. The molecular weight excluding hydrogens is 337 g/mol. The zero-order valence-electron chi connectivity index (χ0n) is 13.6. The number of carbonyl (C=O) groups is 1. The summed E-state index contributed by atoms with van der Waals surface area (Å²) >= 11 is 0. The van der Waals surface area contributed by atoms with Crippen LogP contribution < -0.4 is 0 Å². The van der Waals surface area contributed by atoms with Crippen molar-refractivity contribution in [3.05, 3.63) is 30.1 Å². The van der Waals surface area contributed by atoms with Crippen LogP contribution in [-0.4, -0.2) is 37.4 Å². The van der Waals surface area contributed by atoms with Crippen LogP contribution in [0.3, 0.4) is 0 Å². The quantitative estimate of drug-likeness (QED) is 0.771. The van der Waals surface area contributed by atoms with Gasteiger partial charge in [0, 0.05) is 17.5 Å². The van der Waals surface area contributed by atoms with Crippen molar-refractivity contribution >= 4 is 27.0 Å². The molecule has 1 heterocycles. The molecule has 0 amide bonds. The molecule has 3 rings (SSSR count). The Kier molecular flexibility index (Phi) is 3.92. The number of hydrogen-bond donors (Lipinski definition) is 0. The maximum atomic E-state index is 13.3. The number of hydrogen-bond acceptors (Lipinski definition) is 5. The average Bonchev–Trinajstić information content (AvgIpc) is 3.16. The van der Waals surface area contributed by atoms with E-state index in [1.165, 1.54) is 31.4 Å². The number of ether oxygens (including phenoxy) is 1. The van der Waals surface area contributed by atoms with Crippen LogP contribution in [0.2, 0.25) is 0 Å². The van der Waals surface area contributed by atoms with Gasteiger partial charge in [-0.25, -0.2) is 12.8 Å². The first-order chi connectivity index (χ1) is 11.2. The predicted molar refractivity (Wildman–Crippen MR) is 84.3 cm³/mol. The molecule has 1 aliphatic carbocycles. The Morgan fingerprint density at radius 3 is 2.54 bits per heavy atom. The molecule has 24 heavy (non-hydrogen) atoms. The molecule has 2 aromatic rings. The number of carbonyl (C=O) groups excluding carboxylic acids is 1. The summed E-state index contributed by atoms with van der Waals surface area (Å²) in [6, 6.07) is 4.57. The van der Waals surface area contributed by atoms with Gasteiger partial charge in [-0.2, -0.15) is 4.31 Å². The third-order valence-corrected chi connectivity index (χ3v) is 6.15. The van der Waals surface area contributed by atoms with Gasteiger partial charge in [0.25, 0.3) is 10.0 Å². The van der Waals surface area contributed by atoms with E-state index >= 15 is 0 Å². The van der Waals surface area contributed by atoms with Gasteiger partial charge in [-0.05, 0) is 44.9 Å². The standard InChI is InChI=1S/C16H18FNO5S/c1-10(2)18(16(6-7-16)15(19)22-3)24(20,21)14-9-11-8-12(17)4-5-13(11)23-14/h4-5,8-10H,6-7H2,1-3H3. The van der Waals surface area contributed by atoms with Crippen molar-refractivity contribution in [2.75, 3.05) is 7.11 Å². The van der Waals surface area contributed by atoms with Gasteiger partial charge in [-0.3, -0.25) is 4.79 Å². The smallest absolute Gasteiger partial charge is 0.327 e. The number of furan rings is 1. The van der Waals surface area contributed by atoms with E-state index in [0.29, 0.717) is 18.2 Å². The van der Waals surface area contributed by atoms with Crippen LogP contribution in [0.15, 0.2) is 33.8 Å². The van der Waals surface area contributed by atoms with Crippen LogP contribution in [0.5, 0.6) is 0 Å². The summed E-state index contributed by atoms with van der Waals surface area (Å²) in [5, 5.41) is 0.0344. The number of esters is 1. The van der Waals surface area contributed by atoms with Crippen LogP contribution in [0, 0.1) is 5.82 Å². The minimum absolute atomic E-state index is 0.265. The van der Waals surface area contributed by atoms with Gasteiger partial charge >= 0.3 is 5.97 Å². The number of methoxy groups -OCH3 is 1. The first-order valence-corrected chi connectivity index (χ1v) is 8.98. The molecule has 0 bridgehead atoms. The molecule has 1 aromatic carbocycles. The van der Waals surface area contributed by atoms with E-state index in [-0.39, 0.29) is 10.7 Å². The minimum Gasteiger partial charge on any atom is -0.468 e. The molecule has 6 nitrogen and oxygen atoms in total. The molecule has 0 unspecified atom stereocenters. The number of fused-ring (bicyclic) bond motifs is 1. The molecular formula is C16H18FNO5S. The Labute approximate surface area is 139 Å². The first kappa shape index (κ1) is 16.9. The average molecular weight is 355 g/mol. The van der Waals surface area contributed by atoms with Crippen LogP contribution >= 0.6 is 0 Å². The summed E-state index contributed by atoms with van der Waals surface area (Å²) in [6.45, 7) is 3.37. The van der Waals surface area contributed by atoms with Crippen LogP contribution in [0.25, 0.3) is 11.0 Å². The highest BCUT2D eigenvalue weighted by Crippen LogP contribution is 2.47. The lowest BCUT2D eigenvalue weighted by Crippen LogP contribution is -2.51. The summed E-state index contributed by atoms with van der Waals surface area (Å²) in [5.74, 6) is -1.07. The van der Waals surface area contributed by atoms with Crippen molar-refractivity contribution in [3.8, 4) is 0 Å². The Bertz CT molecular complexity index is 898. The van der Waals surface area contributed by atoms with Gasteiger partial charge in [0.1, 0.15) is 16.9 Å². The van der Waals surface area contributed by atoms with Gasteiger partial charge in [0.2, 0.25) is 5.09 Å². The lowest BCUT2D eigenvalue weighted by Gasteiger charge is -2.31. The van der Waals surface area contributed by atoms with Gasteiger partial charge in [-0.1, -0.05) is 0 Å². The molecule has 1 saturated carbocycles. The van der Waals surface area contributed by atoms with Crippen LogP contribution in [-0.2, 0) is 19.6 Å². The highest BCUT2D eigenvalue weighted by molar-refractivity contribution is 7.89. The largest absolute Gasteiger partial charge is 0.468 e. The van der Waals surface area contributed by atoms with Gasteiger partial charge < -0.3 is 9.15 Å². The van der Waals surface area contributed by atoms with Crippen molar-refractivity contribution in [3.63, 3.8) is 0 Å². The van der Waals surface area contributed by atoms with Gasteiger partial charge in [-0.15, -0.1) is 0 Å². The number of benzene rings is 1. The number of nitrogens with zero attached hydrogens (tertiary/aromatic N) is 1. The second kappa shape index (κ2) is 5.56. The highest BCUT2D eigenvalue weighted by Gasteiger charge is 2.61. The maximum Gasteiger partial charge on any atom is 0.327 e. The molecule has 0 N–H and O–H groups in total. The molecule has 0 saturated heterocycles. The summed E-state index contributed by atoms with van der Waals surface area (Å²) < 4.78 is 50.8. The number of rotatable bonds is 5. The minimum atomic E-state index is -4.08. The second-order valence-electron chi connectivity index (χ2n) is 6.17. The number of halogens is 1. The highest BCUT2D eigenvalue weighted by atomic mass is 32.2. The topological polar surface area (TPSA) is 76.8 Å². The van der Waals surface area contributed by atoms with Crippen molar-refractivity contribution in [2.45, 2.75) is 43.4 Å². The molecule has 1 aliphatic rings. The first-order valence-electron chi connectivity index (χ1n) is 7.54. The fraction of sp³-hybridized carbons (Fsp3) is 0.438. The fourth-order valence-corrected chi connectivity index (χ4v) is 4.98. The third-order valence-electron chi connectivity index (χ3n) is 4.15. The molecule has 1 fully saturated rings. The van der Waals surface area contributed by atoms with E-state index in [0.717, 1.165) is 4.31 Å². The molecule has 130 valence electrons. The monoisotopic (exact) mass is 355 g/mol. The van der Waals surface area contributed by atoms with E-state index in [1.807, 2.05) is 0 Å². The van der Waals surface area contributed by atoms with E-state index in [9.17, 15) is 17.6 Å². The summed E-state index contributed by atoms with van der Waals surface area (Å²) in [4.78, 5) is 12.1. The van der Waals surface area contributed by atoms with Crippen molar-refractivity contribution in [1.29, 1.82) is 0 Å². The van der Waals surface area contributed by atoms with E-state index in [2.05, 4.69) is 0 Å².